The van der Waals surface area contributed by atoms with Gasteiger partial charge in [0, 0.05) is 16.9 Å². The van der Waals surface area contributed by atoms with E-state index in [1.807, 2.05) is 0 Å². The Hall–Kier alpha value is -3.26. The molecule has 0 spiro atoms. The van der Waals surface area contributed by atoms with Gasteiger partial charge in [0.1, 0.15) is 11.1 Å². The summed E-state index contributed by atoms with van der Waals surface area (Å²) in [5.41, 5.74) is 0.970. The van der Waals surface area contributed by atoms with Gasteiger partial charge in [0.15, 0.2) is 0 Å². The molecule has 0 saturated heterocycles. The average molecular weight is 446 g/mol. The topological polar surface area (TPSA) is 96.5 Å². The number of rotatable bonds is 5. The highest BCUT2D eigenvalue weighted by Gasteiger charge is 2.30. The molecule has 0 aliphatic heterocycles. The third-order valence-electron chi connectivity index (χ3n) is 4.98. The zero-order valence-corrected chi connectivity index (χ0v) is 17.1. The molecule has 1 aliphatic rings. The summed E-state index contributed by atoms with van der Waals surface area (Å²) in [7, 11) is 0. The molecular formula is C20H17F3N6OS. The van der Waals surface area contributed by atoms with Gasteiger partial charge in [-0.25, -0.2) is 0 Å². The van der Waals surface area contributed by atoms with Gasteiger partial charge >= 0.3 is 6.18 Å². The minimum absolute atomic E-state index is 0.0336. The molecule has 1 aliphatic carbocycles. The van der Waals surface area contributed by atoms with Gasteiger partial charge in [-0.2, -0.15) is 23.2 Å². The molecule has 1 amide bonds. The number of tetrazole rings is 1. The Labute approximate surface area is 179 Å². The van der Waals surface area contributed by atoms with E-state index in [0.29, 0.717) is 10.6 Å². The van der Waals surface area contributed by atoms with E-state index in [2.05, 4.69) is 26.8 Å². The van der Waals surface area contributed by atoms with Gasteiger partial charge < -0.3 is 5.32 Å². The second-order valence-electron chi connectivity index (χ2n) is 7.11. The van der Waals surface area contributed by atoms with Crippen molar-refractivity contribution < 1.29 is 18.0 Å². The van der Waals surface area contributed by atoms with Crippen LogP contribution >= 0.6 is 11.3 Å². The Morgan fingerprint density at radius 2 is 2.10 bits per heavy atom. The molecule has 0 unspecified atom stereocenters. The van der Waals surface area contributed by atoms with E-state index in [1.54, 1.807) is 0 Å². The van der Waals surface area contributed by atoms with Crippen LogP contribution in [0.5, 0.6) is 0 Å². The number of hydrogen-bond donors (Lipinski definition) is 1. The van der Waals surface area contributed by atoms with Gasteiger partial charge in [0.05, 0.1) is 17.7 Å². The van der Waals surface area contributed by atoms with E-state index < -0.39 is 11.7 Å². The number of nitriles is 1. The standard InChI is InChI=1S/C20H17F3N6OS/c21-20(22,23)13-5-3-4-12(10-13)18-26-28-29(27-18)9-8-17(30)25-19-15(11-24)14-6-1-2-7-16(14)31-19/h3-5,10H,1-2,6-9H2,(H,25,30). The molecule has 0 radical (unpaired) electrons. The second kappa shape index (κ2) is 8.47. The van der Waals surface area contributed by atoms with Gasteiger partial charge in [0.25, 0.3) is 0 Å². The first-order valence-corrected chi connectivity index (χ1v) is 10.5. The quantitative estimate of drug-likeness (QED) is 0.634. The SMILES string of the molecule is N#Cc1c(NC(=O)CCn2nnc(-c3cccc(C(F)(F)F)c3)n2)sc2c1CCCC2. The molecule has 7 nitrogen and oxygen atoms in total. The molecule has 11 heteroatoms. The fourth-order valence-electron chi connectivity index (χ4n) is 3.45. The molecule has 4 rings (SSSR count). The number of thiophene rings is 1. The first-order chi connectivity index (χ1) is 14.8. The third kappa shape index (κ3) is 4.59. The normalized spacial score (nSPS) is 13.5. The zero-order valence-electron chi connectivity index (χ0n) is 16.2. The summed E-state index contributed by atoms with van der Waals surface area (Å²) in [5.74, 6) is -0.253. The minimum Gasteiger partial charge on any atom is -0.317 e. The van der Waals surface area contributed by atoms with Gasteiger partial charge in [-0.05, 0) is 48.6 Å². The molecule has 0 fully saturated rings. The average Bonchev–Trinajstić information content (AvgIpc) is 3.36. The number of aryl methyl sites for hydroxylation is 2. The van der Waals surface area contributed by atoms with Crippen molar-refractivity contribution in [2.75, 3.05) is 5.32 Å². The van der Waals surface area contributed by atoms with E-state index in [9.17, 15) is 23.2 Å². The highest BCUT2D eigenvalue weighted by atomic mass is 32.1. The molecule has 1 N–H and O–H groups in total. The van der Waals surface area contributed by atoms with Crippen molar-refractivity contribution >= 4 is 22.2 Å². The van der Waals surface area contributed by atoms with Gasteiger partial charge in [0.2, 0.25) is 11.7 Å². The number of anilines is 1. The van der Waals surface area contributed by atoms with Crippen LogP contribution in [0.1, 0.15) is 40.8 Å². The van der Waals surface area contributed by atoms with Crippen molar-refractivity contribution in [3.8, 4) is 17.5 Å². The molecule has 0 atom stereocenters. The highest BCUT2D eigenvalue weighted by molar-refractivity contribution is 7.16. The van der Waals surface area contributed by atoms with Crippen LogP contribution in [0.2, 0.25) is 0 Å². The van der Waals surface area contributed by atoms with Crippen LogP contribution in [-0.2, 0) is 30.4 Å². The van der Waals surface area contributed by atoms with Crippen molar-refractivity contribution in [3.63, 3.8) is 0 Å². The molecule has 31 heavy (non-hydrogen) atoms. The van der Waals surface area contributed by atoms with E-state index in [-0.39, 0.29) is 30.3 Å². The fraction of sp³-hybridized carbons (Fsp3) is 0.350. The number of carbonyl (C=O) groups excluding carboxylic acids is 1. The molecule has 160 valence electrons. The fourth-order valence-corrected chi connectivity index (χ4v) is 4.71. The molecular weight excluding hydrogens is 429 g/mol. The monoisotopic (exact) mass is 446 g/mol. The van der Waals surface area contributed by atoms with Crippen molar-refractivity contribution in [3.05, 3.63) is 45.8 Å². The Balaban J connectivity index is 1.40. The maximum atomic E-state index is 12.9. The largest absolute Gasteiger partial charge is 0.416 e. The summed E-state index contributed by atoms with van der Waals surface area (Å²) in [5, 5.41) is 24.5. The van der Waals surface area contributed by atoms with Crippen molar-refractivity contribution in [2.45, 2.75) is 44.8 Å². The lowest BCUT2D eigenvalue weighted by molar-refractivity contribution is -0.137. The first-order valence-electron chi connectivity index (χ1n) is 9.65. The number of aromatic nitrogens is 4. The number of fused-ring (bicyclic) bond motifs is 1. The number of nitrogens with zero attached hydrogens (tertiary/aromatic N) is 5. The number of alkyl halides is 3. The Bertz CT molecular complexity index is 1160. The van der Waals surface area contributed by atoms with Crippen LogP contribution in [0, 0.1) is 11.3 Å². The number of nitrogens with one attached hydrogen (secondary N) is 1. The lowest BCUT2D eigenvalue weighted by atomic mass is 9.96. The number of amides is 1. The van der Waals surface area contributed by atoms with Gasteiger partial charge in [-0.15, -0.1) is 21.5 Å². The van der Waals surface area contributed by atoms with Crippen molar-refractivity contribution in [2.24, 2.45) is 0 Å². The first kappa shape index (κ1) is 21.0. The number of hydrogen-bond acceptors (Lipinski definition) is 6. The van der Waals surface area contributed by atoms with Crippen LogP contribution in [0.4, 0.5) is 18.2 Å². The number of carbonyl (C=O) groups is 1. The van der Waals surface area contributed by atoms with Crippen LogP contribution in [0.15, 0.2) is 24.3 Å². The summed E-state index contributed by atoms with van der Waals surface area (Å²) in [4.78, 5) is 14.7. The number of halogens is 3. The van der Waals surface area contributed by atoms with Crippen LogP contribution in [-0.4, -0.2) is 26.1 Å². The molecule has 0 bridgehead atoms. The van der Waals surface area contributed by atoms with E-state index in [1.165, 1.54) is 28.3 Å². The number of benzene rings is 1. The smallest absolute Gasteiger partial charge is 0.317 e. The third-order valence-corrected chi connectivity index (χ3v) is 6.18. The van der Waals surface area contributed by atoms with Crippen molar-refractivity contribution in [1.82, 2.24) is 20.2 Å². The maximum Gasteiger partial charge on any atom is 0.416 e. The van der Waals surface area contributed by atoms with E-state index in [0.717, 1.165) is 48.3 Å². The van der Waals surface area contributed by atoms with E-state index in [4.69, 9.17) is 0 Å². The van der Waals surface area contributed by atoms with Crippen molar-refractivity contribution in [1.29, 1.82) is 5.26 Å². The van der Waals surface area contributed by atoms with Crippen LogP contribution in [0.3, 0.4) is 0 Å². The predicted molar refractivity (Wildman–Crippen MR) is 107 cm³/mol. The molecule has 0 saturated carbocycles. The van der Waals surface area contributed by atoms with Gasteiger partial charge in [-0.1, -0.05) is 12.1 Å². The lowest BCUT2D eigenvalue weighted by Gasteiger charge is -2.09. The lowest BCUT2D eigenvalue weighted by Crippen LogP contribution is -2.15. The second-order valence-corrected chi connectivity index (χ2v) is 8.22. The van der Waals surface area contributed by atoms with E-state index >= 15 is 0 Å². The van der Waals surface area contributed by atoms with Crippen LogP contribution in [0.25, 0.3) is 11.4 Å². The maximum absolute atomic E-state index is 12.9. The Kier molecular flexibility index (Phi) is 5.73. The molecule has 1 aromatic carbocycles. The molecule has 2 heterocycles. The highest BCUT2D eigenvalue weighted by Crippen LogP contribution is 2.37. The van der Waals surface area contributed by atoms with Crippen LogP contribution < -0.4 is 5.32 Å². The Morgan fingerprint density at radius 3 is 2.87 bits per heavy atom. The summed E-state index contributed by atoms with van der Waals surface area (Å²) in [6, 6.07) is 6.86. The summed E-state index contributed by atoms with van der Waals surface area (Å²) in [6.07, 6.45) is -0.535. The summed E-state index contributed by atoms with van der Waals surface area (Å²) < 4.78 is 38.6. The Morgan fingerprint density at radius 1 is 1.29 bits per heavy atom. The summed E-state index contributed by atoms with van der Waals surface area (Å²) in [6.45, 7) is 0.102. The zero-order chi connectivity index (χ0) is 22.0. The molecule has 2 aromatic heterocycles. The van der Waals surface area contributed by atoms with Gasteiger partial charge in [-0.3, -0.25) is 4.79 Å². The summed E-state index contributed by atoms with van der Waals surface area (Å²) >= 11 is 1.44. The predicted octanol–water partition coefficient (Wildman–Crippen LogP) is 4.20. The minimum atomic E-state index is -4.46. The molecule has 3 aromatic rings.